The number of fused-ring (bicyclic) bond motifs is 1. The highest BCUT2D eigenvalue weighted by atomic mass is 16.5. The predicted molar refractivity (Wildman–Crippen MR) is 83.1 cm³/mol. The van der Waals surface area contributed by atoms with Gasteiger partial charge in [0.1, 0.15) is 5.75 Å². The second kappa shape index (κ2) is 4.49. The Bertz CT molecular complexity index is 504. The summed E-state index contributed by atoms with van der Waals surface area (Å²) < 4.78 is 5.36. The van der Waals surface area contributed by atoms with Crippen LogP contribution < -0.4 is 10.1 Å². The Labute approximate surface area is 122 Å². The van der Waals surface area contributed by atoms with Crippen molar-refractivity contribution >= 4 is 0 Å². The first-order valence-electron chi connectivity index (χ1n) is 7.78. The van der Waals surface area contributed by atoms with Crippen LogP contribution in [0.2, 0.25) is 0 Å². The summed E-state index contributed by atoms with van der Waals surface area (Å²) in [6.45, 7) is 10.7. The van der Waals surface area contributed by atoms with E-state index in [0.717, 1.165) is 18.2 Å². The molecule has 0 heterocycles. The van der Waals surface area contributed by atoms with E-state index < -0.39 is 0 Å². The third-order valence-electron chi connectivity index (χ3n) is 6.32. The smallest absolute Gasteiger partial charge is 0.119 e. The topological polar surface area (TPSA) is 21.3 Å². The predicted octanol–water partition coefficient (Wildman–Crippen LogP) is 3.95. The van der Waals surface area contributed by atoms with E-state index >= 15 is 0 Å². The van der Waals surface area contributed by atoms with Crippen molar-refractivity contribution in [3.05, 3.63) is 29.3 Å². The van der Waals surface area contributed by atoms with E-state index in [1.54, 1.807) is 7.11 Å². The molecule has 2 nitrogen and oxygen atoms in total. The molecule has 0 radical (unpaired) electrons. The first-order valence-corrected chi connectivity index (χ1v) is 7.78. The van der Waals surface area contributed by atoms with Gasteiger partial charge in [-0.2, -0.15) is 0 Å². The SMILES string of the molecule is COc1ccc2c(c1)C(NCC1C(C)(C)C1(C)C)CC2. The van der Waals surface area contributed by atoms with Crippen LogP contribution in [-0.2, 0) is 6.42 Å². The van der Waals surface area contributed by atoms with Crippen LogP contribution in [-0.4, -0.2) is 13.7 Å². The lowest BCUT2D eigenvalue weighted by Crippen LogP contribution is -2.23. The number of hydrogen-bond acceptors (Lipinski definition) is 2. The molecule has 1 fully saturated rings. The molecule has 3 rings (SSSR count). The molecule has 2 heteroatoms. The van der Waals surface area contributed by atoms with Gasteiger partial charge in [-0.1, -0.05) is 33.8 Å². The van der Waals surface area contributed by atoms with E-state index in [-0.39, 0.29) is 0 Å². The van der Waals surface area contributed by atoms with Gasteiger partial charge in [-0.25, -0.2) is 0 Å². The van der Waals surface area contributed by atoms with Crippen molar-refractivity contribution in [3.63, 3.8) is 0 Å². The zero-order valence-corrected chi connectivity index (χ0v) is 13.4. The van der Waals surface area contributed by atoms with Gasteiger partial charge >= 0.3 is 0 Å². The molecule has 0 amide bonds. The third-order valence-corrected chi connectivity index (χ3v) is 6.32. The van der Waals surface area contributed by atoms with Gasteiger partial charge in [0.15, 0.2) is 0 Å². The Kier molecular flexibility index (Phi) is 3.13. The van der Waals surface area contributed by atoms with E-state index in [1.807, 2.05) is 0 Å². The summed E-state index contributed by atoms with van der Waals surface area (Å²) >= 11 is 0. The van der Waals surface area contributed by atoms with E-state index in [2.05, 4.69) is 51.2 Å². The van der Waals surface area contributed by atoms with Crippen molar-refractivity contribution in [1.29, 1.82) is 0 Å². The molecule has 110 valence electrons. The molecule has 1 N–H and O–H groups in total. The number of rotatable bonds is 4. The highest BCUT2D eigenvalue weighted by Gasteiger charge is 2.63. The van der Waals surface area contributed by atoms with Crippen LogP contribution in [0.3, 0.4) is 0 Å². The van der Waals surface area contributed by atoms with E-state index in [9.17, 15) is 0 Å². The van der Waals surface area contributed by atoms with Gasteiger partial charge in [-0.3, -0.25) is 0 Å². The van der Waals surface area contributed by atoms with Crippen LogP contribution in [0.4, 0.5) is 0 Å². The lowest BCUT2D eigenvalue weighted by molar-refractivity contribution is 0.412. The second-order valence-corrected chi connectivity index (χ2v) is 7.56. The summed E-state index contributed by atoms with van der Waals surface area (Å²) in [5.41, 5.74) is 3.87. The van der Waals surface area contributed by atoms with Crippen LogP contribution in [0.25, 0.3) is 0 Å². The van der Waals surface area contributed by atoms with Crippen LogP contribution in [0.1, 0.15) is 51.3 Å². The van der Waals surface area contributed by atoms with Crippen LogP contribution in [0.15, 0.2) is 18.2 Å². The fourth-order valence-corrected chi connectivity index (χ4v) is 4.02. The fraction of sp³-hybridized carbons (Fsp3) is 0.667. The molecule has 1 aromatic rings. The largest absolute Gasteiger partial charge is 0.497 e. The Balaban J connectivity index is 1.67. The molecular weight excluding hydrogens is 246 g/mol. The van der Waals surface area contributed by atoms with Crippen molar-refractivity contribution in [2.75, 3.05) is 13.7 Å². The number of benzene rings is 1. The standard InChI is InChI=1S/C18H27NO/c1-17(2)16(18(17,3)4)11-19-15-9-7-12-6-8-13(20-5)10-14(12)15/h6,8,10,15-16,19H,7,9,11H2,1-5H3. The van der Waals surface area contributed by atoms with Crippen LogP contribution in [0.5, 0.6) is 5.75 Å². The Morgan fingerprint density at radius 1 is 1.20 bits per heavy atom. The minimum atomic E-state index is 0.468. The van der Waals surface area contributed by atoms with Gasteiger partial charge in [0, 0.05) is 6.04 Å². The Morgan fingerprint density at radius 2 is 1.90 bits per heavy atom. The number of methoxy groups -OCH3 is 1. The van der Waals surface area contributed by atoms with Crippen molar-refractivity contribution in [3.8, 4) is 5.75 Å². The normalized spacial score (nSPS) is 26.4. The molecule has 1 atom stereocenters. The van der Waals surface area contributed by atoms with Crippen molar-refractivity contribution in [2.24, 2.45) is 16.7 Å². The number of hydrogen-bond donors (Lipinski definition) is 1. The van der Waals surface area contributed by atoms with Gasteiger partial charge < -0.3 is 10.1 Å². The first-order chi connectivity index (χ1) is 9.38. The molecule has 1 aromatic carbocycles. The molecule has 2 aliphatic carbocycles. The van der Waals surface area contributed by atoms with Gasteiger partial charge in [-0.15, -0.1) is 0 Å². The molecule has 1 unspecified atom stereocenters. The van der Waals surface area contributed by atoms with Gasteiger partial charge in [0.05, 0.1) is 7.11 Å². The summed E-state index contributed by atoms with van der Waals surface area (Å²) in [4.78, 5) is 0. The lowest BCUT2D eigenvalue weighted by atomic mass is 10.0. The molecule has 20 heavy (non-hydrogen) atoms. The van der Waals surface area contributed by atoms with Gasteiger partial charge in [0.2, 0.25) is 0 Å². The molecule has 0 spiro atoms. The number of aryl methyl sites for hydroxylation is 1. The zero-order valence-electron chi connectivity index (χ0n) is 13.4. The maximum atomic E-state index is 5.36. The summed E-state index contributed by atoms with van der Waals surface area (Å²) in [6, 6.07) is 7.02. The lowest BCUT2D eigenvalue weighted by Gasteiger charge is -2.15. The molecular formula is C18H27NO. The highest BCUT2D eigenvalue weighted by molar-refractivity contribution is 5.40. The summed E-state index contributed by atoms with van der Waals surface area (Å²) in [6.07, 6.45) is 2.41. The van der Waals surface area contributed by atoms with E-state index in [1.165, 1.54) is 24.0 Å². The highest BCUT2D eigenvalue weighted by Crippen LogP contribution is 2.68. The molecule has 0 bridgehead atoms. The summed E-state index contributed by atoms with van der Waals surface area (Å²) in [5.74, 6) is 1.76. The van der Waals surface area contributed by atoms with Crippen molar-refractivity contribution in [1.82, 2.24) is 5.32 Å². The molecule has 2 aliphatic rings. The summed E-state index contributed by atoms with van der Waals surface area (Å²) in [7, 11) is 1.74. The minimum Gasteiger partial charge on any atom is -0.497 e. The Hall–Kier alpha value is -1.02. The zero-order chi connectivity index (χ0) is 14.5. The monoisotopic (exact) mass is 273 g/mol. The number of nitrogens with one attached hydrogen (secondary N) is 1. The quantitative estimate of drug-likeness (QED) is 0.896. The second-order valence-electron chi connectivity index (χ2n) is 7.56. The minimum absolute atomic E-state index is 0.468. The maximum Gasteiger partial charge on any atom is 0.119 e. The molecule has 0 aliphatic heterocycles. The summed E-state index contributed by atoms with van der Waals surface area (Å²) in [5, 5.41) is 3.81. The number of ether oxygens (including phenoxy) is 1. The average Bonchev–Trinajstić information content (AvgIpc) is 2.73. The third kappa shape index (κ3) is 1.96. The van der Waals surface area contributed by atoms with Crippen molar-refractivity contribution in [2.45, 2.75) is 46.6 Å². The fourth-order valence-electron chi connectivity index (χ4n) is 4.02. The van der Waals surface area contributed by atoms with Gasteiger partial charge in [0.25, 0.3) is 0 Å². The van der Waals surface area contributed by atoms with Crippen molar-refractivity contribution < 1.29 is 4.74 Å². The average molecular weight is 273 g/mol. The van der Waals surface area contributed by atoms with Gasteiger partial charge in [-0.05, 0) is 59.4 Å². The molecule has 0 saturated heterocycles. The first kappa shape index (κ1) is 13.9. The van der Waals surface area contributed by atoms with E-state index in [4.69, 9.17) is 4.74 Å². The maximum absolute atomic E-state index is 5.36. The molecule has 0 aromatic heterocycles. The molecule has 1 saturated carbocycles. The van der Waals surface area contributed by atoms with Crippen LogP contribution >= 0.6 is 0 Å². The van der Waals surface area contributed by atoms with Crippen LogP contribution in [0, 0.1) is 16.7 Å². The Morgan fingerprint density at radius 3 is 2.50 bits per heavy atom. The van der Waals surface area contributed by atoms with E-state index in [0.29, 0.717) is 16.9 Å².